The molecule has 0 aliphatic carbocycles. The van der Waals surface area contributed by atoms with Gasteiger partial charge in [-0.25, -0.2) is 0 Å². The van der Waals surface area contributed by atoms with Gasteiger partial charge < -0.3 is 19.4 Å². The summed E-state index contributed by atoms with van der Waals surface area (Å²) in [4.78, 5) is 17.8. The molecule has 1 fully saturated rings. The predicted octanol–water partition coefficient (Wildman–Crippen LogP) is 3.78. The Balaban J connectivity index is 1.56. The number of aromatic nitrogens is 1. The largest absolute Gasteiger partial charge is 0.361 e. The van der Waals surface area contributed by atoms with E-state index in [2.05, 4.69) is 40.5 Å². The number of allylic oxidation sites excluding steroid dienone is 1. The van der Waals surface area contributed by atoms with Crippen LogP contribution in [0.1, 0.15) is 25.8 Å². The fourth-order valence-electron chi connectivity index (χ4n) is 4.18. The van der Waals surface area contributed by atoms with E-state index in [1.807, 2.05) is 19.2 Å². The van der Waals surface area contributed by atoms with Crippen LogP contribution in [-0.4, -0.2) is 41.7 Å². The summed E-state index contributed by atoms with van der Waals surface area (Å²) >= 11 is 0. The first-order valence-electron chi connectivity index (χ1n) is 9.50. The van der Waals surface area contributed by atoms with E-state index in [4.69, 9.17) is 9.47 Å². The Morgan fingerprint density at radius 2 is 2.15 bits per heavy atom. The number of hydrogen-bond donors (Lipinski definition) is 1. The third-order valence-electron chi connectivity index (χ3n) is 5.63. The zero-order valence-electron chi connectivity index (χ0n) is 16.1. The lowest BCUT2D eigenvalue weighted by Gasteiger charge is -2.40. The molecule has 3 atom stereocenters. The van der Waals surface area contributed by atoms with Gasteiger partial charge in [0.15, 0.2) is 12.1 Å². The van der Waals surface area contributed by atoms with Gasteiger partial charge in [0.2, 0.25) is 0 Å². The number of methoxy groups -OCH3 is 1. The summed E-state index contributed by atoms with van der Waals surface area (Å²) in [6.45, 7) is 4.49. The second-order valence-electron chi connectivity index (χ2n) is 7.35. The van der Waals surface area contributed by atoms with Crippen molar-refractivity contribution in [3.63, 3.8) is 0 Å². The molecule has 27 heavy (non-hydrogen) atoms. The number of nitrogens with zero attached hydrogens (tertiary/aromatic N) is 1. The third kappa shape index (κ3) is 3.45. The maximum Gasteiger partial charge on any atom is 0.158 e. The molecule has 1 unspecified atom stereocenters. The van der Waals surface area contributed by atoms with Crippen LogP contribution in [-0.2, 0) is 20.7 Å². The highest BCUT2D eigenvalue weighted by Crippen LogP contribution is 2.38. The van der Waals surface area contributed by atoms with E-state index in [1.165, 1.54) is 10.9 Å². The fourth-order valence-corrected chi connectivity index (χ4v) is 4.18. The third-order valence-corrected chi connectivity index (χ3v) is 5.63. The van der Waals surface area contributed by atoms with Crippen LogP contribution in [0.2, 0.25) is 0 Å². The van der Waals surface area contributed by atoms with Crippen LogP contribution in [0.4, 0.5) is 0 Å². The predicted molar refractivity (Wildman–Crippen MR) is 105 cm³/mol. The maximum absolute atomic E-state index is 12.3. The van der Waals surface area contributed by atoms with Gasteiger partial charge in [0.25, 0.3) is 0 Å². The monoisotopic (exact) mass is 366 g/mol. The first-order valence-corrected chi connectivity index (χ1v) is 9.50. The van der Waals surface area contributed by atoms with Crippen molar-refractivity contribution in [2.75, 3.05) is 13.7 Å². The van der Waals surface area contributed by atoms with Gasteiger partial charge in [-0.05, 0) is 37.5 Å². The zero-order valence-corrected chi connectivity index (χ0v) is 16.1. The molecule has 0 saturated carbocycles. The smallest absolute Gasteiger partial charge is 0.158 e. The lowest BCUT2D eigenvalue weighted by Crippen LogP contribution is -2.39. The lowest BCUT2D eigenvalue weighted by molar-refractivity contribution is -0.166. The Bertz CT molecular complexity index is 911. The highest BCUT2D eigenvalue weighted by Gasteiger charge is 2.37. The Labute approximate surface area is 159 Å². The number of H-pyrrole nitrogens is 1. The van der Waals surface area contributed by atoms with E-state index in [0.29, 0.717) is 6.42 Å². The molecule has 0 spiro atoms. The molecule has 2 aliphatic rings. The molecular weight excluding hydrogens is 340 g/mol. The summed E-state index contributed by atoms with van der Waals surface area (Å²) in [5.41, 5.74) is 4.46. The highest BCUT2D eigenvalue weighted by molar-refractivity contribution is 5.94. The molecule has 2 aliphatic heterocycles. The van der Waals surface area contributed by atoms with Gasteiger partial charge >= 0.3 is 0 Å². The second kappa shape index (κ2) is 7.33. The number of aromatic amines is 1. The van der Waals surface area contributed by atoms with Crippen molar-refractivity contribution in [3.8, 4) is 0 Å². The molecule has 1 saturated heterocycles. The number of ether oxygens (including phenoxy) is 2. The Morgan fingerprint density at radius 1 is 1.33 bits per heavy atom. The number of nitrogens with one attached hydrogen (secondary N) is 1. The van der Waals surface area contributed by atoms with Crippen LogP contribution < -0.4 is 0 Å². The summed E-state index contributed by atoms with van der Waals surface area (Å²) in [5.74, 6) is 0.201. The molecule has 2 aromatic rings. The minimum Gasteiger partial charge on any atom is -0.361 e. The average molecular weight is 366 g/mol. The van der Waals surface area contributed by atoms with Gasteiger partial charge in [0.1, 0.15) is 0 Å². The minimum absolute atomic E-state index is 0.0626. The zero-order chi connectivity index (χ0) is 19.0. The van der Waals surface area contributed by atoms with E-state index in [0.717, 1.165) is 29.6 Å². The number of hydrogen-bond acceptors (Lipinski definition) is 4. The fraction of sp³-hybridized carbons (Fsp3) is 0.409. The van der Waals surface area contributed by atoms with E-state index in [1.54, 1.807) is 14.0 Å². The topological polar surface area (TPSA) is 54.6 Å². The van der Waals surface area contributed by atoms with Crippen molar-refractivity contribution in [1.82, 2.24) is 9.88 Å². The molecule has 1 aromatic carbocycles. The van der Waals surface area contributed by atoms with Crippen molar-refractivity contribution in [2.24, 2.45) is 5.92 Å². The molecule has 142 valence electrons. The first-order chi connectivity index (χ1) is 13.1. The number of carbonyl (C=O) groups is 1. The van der Waals surface area contributed by atoms with Gasteiger partial charge in [-0.1, -0.05) is 18.2 Å². The van der Waals surface area contributed by atoms with Crippen LogP contribution in [0.25, 0.3) is 10.9 Å². The first kappa shape index (κ1) is 18.0. The molecule has 0 radical (unpaired) electrons. The SMILES string of the molecule is COC1C[C@@H]2C(C(C)=O)=CN(CCc3c[nH]c4ccccc34)C=C2[C@H](C)O1. The van der Waals surface area contributed by atoms with Crippen LogP contribution >= 0.6 is 0 Å². The minimum atomic E-state index is -0.261. The number of fused-ring (bicyclic) bond motifs is 2. The summed E-state index contributed by atoms with van der Waals surface area (Å²) < 4.78 is 11.3. The van der Waals surface area contributed by atoms with Gasteiger partial charge in [0.05, 0.1) is 6.10 Å². The maximum atomic E-state index is 12.3. The molecule has 5 heteroatoms. The van der Waals surface area contributed by atoms with E-state index < -0.39 is 0 Å². The van der Waals surface area contributed by atoms with Crippen molar-refractivity contribution in [1.29, 1.82) is 0 Å². The normalized spacial score (nSPS) is 25.1. The second-order valence-corrected chi connectivity index (χ2v) is 7.35. The van der Waals surface area contributed by atoms with E-state index in [-0.39, 0.29) is 24.1 Å². The number of benzene rings is 1. The number of para-hydroxylation sites is 1. The van der Waals surface area contributed by atoms with Gasteiger partial charge in [-0.15, -0.1) is 0 Å². The molecule has 0 bridgehead atoms. The average Bonchev–Trinajstić information content (AvgIpc) is 3.09. The molecule has 4 rings (SSSR count). The van der Waals surface area contributed by atoms with Gasteiger partial charge in [0, 0.05) is 61.1 Å². The van der Waals surface area contributed by atoms with Crippen molar-refractivity contribution in [3.05, 3.63) is 59.6 Å². The lowest BCUT2D eigenvalue weighted by atomic mass is 9.81. The molecule has 1 N–H and O–H groups in total. The quantitative estimate of drug-likeness (QED) is 0.875. The van der Waals surface area contributed by atoms with Crippen LogP contribution in [0.15, 0.2) is 54.0 Å². The summed E-state index contributed by atoms with van der Waals surface area (Å²) in [6.07, 6.45) is 7.51. The summed E-state index contributed by atoms with van der Waals surface area (Å²) in [7, 11) is 1.65. The Morgan fingerprint density at radius 3 is 2.93 bits per heavy atom. The van der Waals surface area contributed by atoms with Gasteiger partial charge in [-0.2, -0.15) is 0 Å². The van der Waals surface area contributed by atoms with Crippen molar-refractivity contribution in [2.45, 2.75) is 39.1 Å². The Kier molecular flexibility index (Phi) is 4.89. The van der Waals surface area contributed by atoms with Gasteiger partial charge in [-0.3, -0.25) is 4.79 Å². The molecule has 3 heterocycles. The van der Waals surface area contributed by atoms with Crippen LogP contribution in [0.5, 0.6) is 0 Å². The van der Waals surface area contributed by atoms with Crippen molar-refractivity contribution < 1.29 is 14.3 Å². The number of rotatable bonds is 5. The number of carbonyl (C=O) groups excluding carboxylic acids is 1. The van der Waals surface area contributed by atoms with Crippen LogP contribution in [0, 0.1) is 5.92 Å². The summed E-state index contributed by atoms with van der Waals surface area (Å²) in [5, 5.41) is 1.26. The van der Waals surface area contributed by atoms with E-state index in [9.17, 15) is 4.79 Å². The van der Waals surface area contributed by atoms with E-state index >= 15 is 0 Å². The Hall–Kier alpha value is -2.37. The molecule has 1 aromatic heterocycles. The number of ketones is 1. The number of Topliss-reactive ketones (excluding diaryl/α,β-unsaturated/α-hetero) is 1. The molecule has 0 amide bonds. The highest BCUT2D eigenvalue weighted by atomic mass is 16.7. The summed E-state index contributed by atoms with van der Waals surface area (Å²) in [6, 6.07) is 8.34. The van der Waals surface area contributed by atoms with Crippen molar-refractivity contribution >= 4 is 16.7 Å². The van der Waals surface area contributed by atoms with Crippen LogP contribution in [0.3, 0.4) is 0 Å². The molecule has 5 nitrogen and oxygen atoms in total. The standard InChI is InChI=1S/C22H26N2O3/c1-14(25)19-12-24(13-20-15(2)27-22(26-3)10-18(19)20)9-8-16-11-23-21-7-5-4-6-17(16)21/h4-7,11-13,15,18,22-23H,8-10H2,1-3H3/t15-,18+,22?/m0/s1. The molecular formula is C22H26N2O3.